The third-order valence-corrected chi connectivity index (χ3v) is 4.35. The predicted molar refractivity (Wildman–Crippen MR) is 68.4 cm³/mol. The van der Waals surface area contributed by atoms with Gasteiger partial charge in [-0.2, -0.15) is 0 Å². The lowest BCUT2D eigenvalue weighted by molar-refractivity contribution is 0.00591. The molecule has 0 aliphatic heterocycles. The molecule has 0 saturated heterocycles. The summed E-state index contributed by atoms with van der Waals surface area (Å²) in [6, 6.07) is 4.24. The van der Waals surface area contributed by atoms with Gasteiger partial charge in [-0.15, -0.1) is 11.3 Å². The monoisotopic (exact) mass is 239 g/mol. The van der Waals surface area contributed by atoms with Crippen molar-refractivity contribution in [1.82, 2.24) is 0 Å². The van der Waals surface area contributed by atoms with Gasteiger partial charge in [-0.25, -0.2) is 0 Å². The molecule has 16 heavy (non-hydrogen) atoms. The number of rotatable bonds is 4. The van der Waals surface area contributed by atoms with E-state index in [0.717, 1.165) is 12.5 Å². The fraction of sp³-hybridized carbons (Fsp3) is 0.692. The first-order chi connectivity index (χ1) is 7.78. The molecule has 0 aromatic carbocycles. The smallest absolute Gasteiger partial charge is 0.0813 e. The van der Waals surface area contributed by atoms with Crippen molar-refractivity contribution in [2.75, 3.05) is 0 Å². The number of hydrogen-bond donors (Lipinski definition) is 1. The van der Waals surface area contributed by atoms with Crippen molar-refractivity contribution in [3.05, 3.63) is 21.9 Å². The number of hydrogen-bond acceptors (Lipinski definition) is 3. The molecular formula is C13H21NOS. The van der Waals surface area contributed by atoms with Crippen molar-refractivity contribution in [1.29, 1.82) is 0 Å². The lowest BCUT2D eigenvalue weighted by atomic mass is 9.89. The normalized spacial score (nSPS) is 25.9. The molecule has 2 unspecified atom stereocenters. The molecule has 0 bridgehead atoms. The third kappa shape index (κ3) is 3.30. The molecule has 1 saturated carbocycles. The molecule has 2 N–H and O–H groups in total. The first-order valence-corrected chi connectivity index (χ1v) is 6.99. The molecule has 2 rings (SSSR count). The van der Waals surface area contributed by atoms with Crippen molar-refractivity contribution in [3.8, 4) is 0 Å². The Morgan fingerprint density at radius 3 is 2.88 bits per heavy atom. The zero-order valence-electron chi connectivity index (χ0n) is 9.95. The Morgan fingerprint density at radius 1 is 1.38 bits per heavy atom. The second-order valence-corrected chi connectivity index (χ2v) is 6.03. The van der Waals surface area contributed by atoms with Crippen LogP contribution in [-0.2, 0) is 17.9 Å². The lowest BCUT2D eigenvalue weighted by Gasteiger charge is -2.26. The van der Waals surface area contributed by atoms with Crippen LogP contribution in [0.5, 0.6) is 0 Å². The second-order valence-electron chi connectivity index (χ2n) is 4.78. The molecule has 2 nitrogen and oxygen atoms in total. The van der Waals surface area contributed by atoms with Crippen molar-refractivity contribution >= 4 is 11.3 Å². The number of ether oxygens (including phenoxy) is 1. The maximum Gasteiger partial charge on any atom is 0.0813 e. The van der Waals surface area contributed by atoms with Crippen LogP contribution >= 0.6 is 11.3 Å². The van der Waals surface area contributed by atoms with Gasteiger partial charge in [0, 0.05) is 16.3 Å². The molecule has 1 aromatic heterocycles. The van der Waals surface area contributed by atoms with Crippen molar-refractivity contribution < 1.29 is 4.74 Å². The fourth-order valence-electron chi connectivity index (χ4n) is 2.34. The van der Waals surface area contributed by atoms with E-state index in [1.807, 2.05) is 0 Å². The van der Waals surface area contributed by atoms with Gasteiger partial charge in [0.1, 0.15) is 0 Å². The maximum absolute atomic E-state index is 5.97. The quantitative estimate of drug-likeness (QED) is 0.875. The van der Waals surface area contributed by atoms with E-state index in [9.17, 15) is 0 Å². The van der Waals surface area contributed by atoms with E-state index >= 15 is 0 Å². The molecular weight excluding hydrogens is 218 g/mol. The molecule has 2 atom stereocenters. The molecule has 90 valence electrons. The SMILES string of the molecule is CC1CCCC(OCc2ccc(CN)s2)C1. The van der Waals surface area contributed by atoms with Gasteiger partial charge in [0.25, 0.3) is 0 Å². The molecule has 1 aromatic rings. The minimum atomic E-state index is 0.479. The van der Waals surface area contributed by atoms with Crippen molar-refractivity contribution in [3.63, 3.8) is 0 Å². The van der Waals surface area contributed by atoms with E-state index in [-0.39, 0.29) is 0 Å². The van der Waals surface area contributed by atoms with Crippen LogP contribution in [-0.4, -0.2) is 6.10 Å². The predicted octanol–water partition coefficient (Wildman–Crippen LogP) is 3.30. The largest absolute Gasteiger partial charge is 0.373 e. The van der Waals surface area contributed by atoms with Gasteiger partial charge in [-0.05, 0) is 30.9 Å². The van der Waals surface area contributed by atoms with E-state index in [0.29, 0.717) is 12.6 Å². The summed E-state index contributed by atoms with van der Waals surface area (Å²) in [5.74, 6) is 0.835. The van der Waals surface area contributed by atoms with Gasteiger partial charge in [0.05, 0.1) is 12.7 Å². The first-order valence-electron chi connectivity index (χ1n) is 6.17. The Kier molecular flexibility index (Phi) is 4.38. The highest BCUT2D eigenvalue weighted by Gasteiger charge is 2.19. The molecule has 1 aliphatic carbocycles. The Labute approximate surface area is 102 Å². The Morgan fingerprint density at radius 2 is 2.19 bits per heavy atom. The summed E-state index contributed by atoms with van der Waals surface area (Å²) in [6.07, 6.45) is 5.64. The highest BCUT2D eigenvalue weighted by atomic mass is 32.1. The average Bonchev–Trinajstić information content (AvgIpc) is 2.74. The molecule has 1 aliphatic rings. The first kappa shape index (κ1) is 12.1. The summed E-state index contributed by atoms with van der Waals surface area (Å²) in [6.45, 7) is 3.74. The summed E-state index contributed by atoms with van der Waals surface area (Å²) in [5.41, 5.74) is 5.59. The fourth-order valence-corrected chi connectivity index (χ4v) is 3.16. The number of thiophene rings is 1. The van der Waals surface area contributed by atoms with Crippen LogP contribution < -0.4 is 5.73 Å². The molecule has 1 heterocycles. The van der Waals surface area contributed by atoms with Crippen LogP contribution in [0.3, 0.4) is 0 Å². The Hall–Kier alpha value is -0.380. The van der Waals surface area contributed by atoms with E-state index < -0.39 is 0 Å². The minimum Gasteiger partial charge on any atom is -0.373 e. The van der Waals surface area contributed by atoms with Gasteiger partial charge < -0.3 is 10.5 Å². The summed E-state index contributed by atoms with van der Waals surface area (Å²) in [4.78, 5) is 2.55. The van der Waals surface area contributed by atoms with Gasteiger partial charge in [0.2, 0.25) is 0 Å². The van der Waals surface area contributed by atoms with Gasteiger partial charge in [-0.1, -0.05) is 19.8 Å². The van der Waals surface area contributed by atoms with Crippen LogP contribution in [0.25, 0.3) is 0 Å². The third-order valence-electron chi connectivity index (χ3n) is 3.27. The molecule has 1 fully saturated rings. The van der Waals surface area contributed by atoms with E-state index in [4.69, 9.17) is 10.5 Å². The maximum atomic E-state index is 5.97. The van der Waals surface area contributed by atoms with Gasteiger partial charge >= 0.3 is 0 Å². The highest BCUT2D eigenvalue weighted by Crippen LogP contribution is 2.27. The van der Waals surface area contributed by atoms with Crippen LogP contribution in [0, 0.1) is 5.92 Å². The topological polar surface area (TPSA) is 35.2 Å². The van der Waals surface area contributed by atoms with Gasteiger partial charge in [0.15, 0.2) is 0 Å². The average molecular weight is 239 g/mol. The highest BCUT2D eigenvalue weighted by molar-refractivity contribution is 7.11. The van der Waals surface area contributed by atoms with Crippen LogP contribution in [0.15, 0.2) is 12.1 Å². The molecule has 0 radical (unpaired) electrons. The summed E-state index contributed by atoms with van der Waals surface area (Å²) < 4.78 is 5.97. The van der Waals surface area contributed by atoms with Crippen LogP contribution in [0.1, 0.15) is 42.4 Å². The van der Waals surface area contributed by atoms with Crippen LogP contribution in [0.2, 0.25) is 0 Å². The Balaban J connectivity index is 1.78. The Bertz CT molecular complexity index is 323. The summed E-state index contributed by atoms with van der Waals surface area (Å²) >= 11 is 1.77. The molecule has 0 spiro atoms. The zero-order valence-corrected chi connectivity index (χ0v) is 10.8. The minimum absolute atomic E-state index is 0.479. The summed E-state index contributed by atoms with van der Waals surface area (Å²) in [7, 11) is 0. The van der Waals surface area contributed by atoms with Crippen molar-refractivity contribution in [2.45, 2.75) is 51.9 Å². The lowest BCUT2D eigenvalue weighted by Crippen LogP contribution is -2.21. The standard InChI is InChI=1S/C13H21NOS/c1-10-3-2-4-11(7-10)15-9-13-6-5-12(8-14)16-13/h5-6,10-11H,2-4,7-9,14H2,1H3. The van der Waals surface area contributed by atoms with E-state index in [1.54, 1.807) is 11.3 Å². The summed E-state index contributed by atoms with van der Waals surface area (Å²) in [5, 5.41) is 0. The number of nitrogens with two attached hydrogens (primary N) is 1. The van der Waals surface area contributed by atoms with Crippen LogP contribution in [0.4, 0.5) is 0 Å². The van der Waals surface area contributed by atoms with Crippen molar-refractivity contribution in [2.24, 2.45) is 11.7 Å². The second kappa shape index (κ2) is 5.80. The van der Waals surface area contributed by atoms with E-state index in [1.165, 1.54) is 35.4 Å². The zero-order chi connectivity index (χ0) is 11.4. The molecule has 3 heteroatoms. The van der Waals surface area contributed by atoms with Gasteiger partial charge in [-0.3, -0.25) is 0 Å². The van der Waals surface area contributed by atoms with E-state index in [2.05, 4.69) is 19.1 Å². The molecule has 0 amide bonds.